The number of hydrogen-bond donors (Lipinski definition) is 1. The van der Waals surface area contributed by atoms with Crippen molar-refractivity contribution in [1.82, 2.24) is 10.2 Å². The molecule has 2 heteroatoms. The van der Waals surface area contributed by atoms with E-state index in [1.54, 1.807) is 0 Å². The first-order valence-electron chi connectivity index (χ1n) is 6.60. The van der Waals surface area contributed by atoms with E-state index >= 15 is 0 Å². The van der Waals surface area contributed by atoms with E-state index < -0.39 is 0 Å². The Morgan fingerprint density at radius 1 is 1.07 bits per heavy atom. The molecule has 2 aliphatic heterocycles. The minimum atomic E-state index is 0.875. The van der Waals surface area contributed by atoms with Crippen LogP contribution in [0.3, 0.4) is 0 Å². The molecule has 0 radical (unpaired) electrons. The predicted molar refractivity (Wildman–Crippen MR) is 64.9 cm³/mol. The lowest BCUT2D eigenvalue weighted by Crippen LogP contribution is -2.42. The van der Waals surface area contributed by atoms with Gasteiger partial charge < -0.3 is 10.2 Å². The molecule has 0 spiro atoms. The highest BCUT2D eigenvalue weighted by atomic mass is 15.1. The lowest BCUT2D eigenvalue weighted by Gasteiger charge is -2.37. The Morgan fingerprint density at radius 2 is 1.87 bits per heavy atom. The summed E-state index contributed by atoms with van der Waals surface area (Å²) < 4.78 is 0. The summed E-state index contributed by atoms with van der Waals surface area (Å²) in [6.07, 6.45) is 1.40. The molecule has 2 saturated heterocycles. The average Bonchev–Trinajstić information content (AvgIpc) is 2.59. The Morgan fingerprint density at radius 3 is 2.47 bits per heavy atom. The van der Waals surface area contributed by atoms with Gasteiger partial charge in [-0.25, -0.2) is 0 Å². The van der Waals surface area contributed by atoms with Crippen molar-refractivity contribution in [2.24, 2.45) is 23.7 Å². The predicted octanol–water partition coefficient (Wildman–Crippen LogP) is 1.82. The summed E-state index contributed by atoms with van der Waals surface area (Å²) in [7, 11) is 0. The van der Waals surface area contributed by atoms with Crippen molar-refractivity contribution in [2.75, 3.05) is 32.7 Å². The zero-order valence-electron chi connectivity index (χ0n) is 10.5. The van der Waals surface area contributed by atoms with Crippen molar-refractivity contribution in [1.29, 1.82) is 0 Å². The SMILES string of the molecule is CC1CCN(C[C@@H]2CNC[C@H]2C)CC1C. The number of rotatable bonds is 2. The molecule has 0 aromatic carbocycles. The van der Waals surface area contributed by atoms with Crippen LogP contribution in [0.15, 0.2) is 0 Å². The van der Waals surface area contributed by atoms with Gasteiger partial charge in [0.25, 0.3) is 0 Å². The maximum absolute atomic E-state index is 3.50. The Hall–Kier alpha value is -0.0800. The summed E-state index contributed by atoms with van der Waals surface area (Å²) in [5.41, 5.74) is 0. The minimum Gasteiger partial charge on any atom is -0.316 e. The van der Waals surface area contributed by atoms with Gasteiger partial charge in [0.15, 0.2) is 0 Å². The van der Waals surface area contributed by atoms with E-state index in [2.05, 4.69) is 31.0 Å². The Bertz CT molecular complexity index is 205. The summed E-state index contributed by atoms with van der Waals surface area (Å²) in [6.45, 7) is 13.6. The van der Waals surface area contributed by atoms with Gasteiger partial charge in [0.2, 0.25) is 0 Å². The van der Waals surface area contributed by atoms with Gasteiger partial charge in [0, 0.05) is 13.1 Å². The van der Waals surface area contributed by atoms with E-state index in [1.807, 2.05) is 0 Å². The number of hydrogen-bond acceptors (Lipinski definition) is 2. The number of piperidine rings is 1. The number of nitrogens with zero attached hydrogens (tertiary/aromatic N) is 1. The van der Waals surface area contributed by atoms with Gasteiger partial charge >= 0.3 is 0 Å². The first-order chi connectivity index (χ1) is 7.16. The van der Waals surface area contributed by atoms with Crippen LogP contribution in [0.4, 0.5) is 0 Å². The molecule has 0 aliphatic carbocycles. The molecule has 2 rings (SSSR count). The molecule has 15 heavy (non-hydrogen) atoms. The molecule has 2 fully saturated rings. The smallest absolute Gasteiger partial charge is 0.00249 e. The third-order valence-corrected chi connectivity index (χ3v) is 4.59. The van der Waals surface area contributed by atoms with E-state index in [1.165, 1.54) is 39.1 Å². The van der Waals surface area contributed by atoms with E-state index in [-0.39, 0.29) is 0 Å². The van der Waals surface area contributed by atoms with Crippen LogP contribution in [0.5, 0.6) is 0 Å². The summed E-state index contributed by atoms with van der Waals surface area (Å²) in [4.78, 5) is 2.69. The molecular formula is C13H26N2. The van der Waals surface area contributed by atoms with Crippen molar-refractivity contribution in [2.45, 2.75) is 27.2 Å². The molecule has 0 aromatic heterocycles. The molecule has 88 valence electrons. The normalized spacial score (nSPS) is 43.4. The van der Waals surface area contributed by atoms with Gasteiger partial charge in [-0.3, -0.25) is 0 Å². The van der Waals surface area contributed by atoms with Gasteiger partial charge in [-0.1, -0.05) is 20.8 Å². The maximum atomic E-state index is 3.50. The number of nitrogens with one attached hydrogen (secondary N) is 1. The fraction of sp³-hybridized carbons (Fsp3) is 1.00. The van der Waals surface area contributed by atoms with Gasteiger partial charge in [0.1, 0.15) is 0 Å². The lowest BCUT2D eigenvalue weighted by atomic mass is 9.87. The van der Waals surface area contributed by atoms with E-state index in [0.29, 0.717) is 0 Å². The molecule has 2 nitrogen and oxygen atoms in total. The monoisotopic (exact) mass is 210 g/mol. The molecular weight excluding hydrogens is 184 g/mol. The zero-order chi connectivity index (χ0) is 10.8. The highest BCUT2D eigenvalue weighted by Gasteiger charge is 2.28. The molecule has 0 saturated carbocycles. The van der Waals surface area contributed by atoms with Crippen molar-refractivity contribution in [3.63, 3.8) is 0 Å². The van der Waals surface area contributed by atoms with Crippen LogP contribution in [0, 0.1) is 23.7 Å². The van der Waals surface area contributed by atoms with E-state index in [4.69, 9.17) is 0 Å². The van der Waals surface area contributed by atoms with Crippen LogP contribution in [-0.2, 0) is 0 Å². The van der Waals surface area contributed by atoms with Gasteiger partial charge in [0.05, 0.1) is 0 Å². The fourth-order valence-electron chi connectivity index (χ4n) is 2.96. The van der Waals surface area contributed by atoms with Gasteiger partial charge in [-0.05, 0) is 49.7 Å². The second-order valence-corrected chi connectivity index (χ2v) is 5.90. The molecule has 2 aliphatic rings. The van der Waals surface area contributed by atoms with Crippen LogP contribution >= 0.6 is 0 Å². The highest BCUT2D eigenvalue weighted by molar-refractivity contribution is 4.83. The highest BCUT2D eigenvalue weighted by Crippen LogP contribution is 2.25. The molecule has 4 atom stereocenters. The van der Waals surface area contributed by atoms with Crippen molar-refractivity contribution >= 4 is 0 Å². The van der Waals surface area contributed by atoms with Crippen LogP contribution in [0.25, 0.3) is 0 Å². The second-order valence-electron chi connectivity index (χ2n) is 5.90. The Balaban J connectivity index is 1.80. The third kappa shape index (κ3) is 2.73. The zero-order valence-corrected chi connectivity index (χ0v) is 10.5. The molecule has 1 N–H and O–H groups in total. The van der Waals surface area contributed by atoms with E-state index in [0.717, 1.165) is 23.7 Å². The quantitative estimate of drug-likeness (QED) is 0.748. The van der Waals surface area contributed by atoms with Gasteiger partial charge in [-0.15, -0.1) is 0 Å². The summed E-state index contributed by atoms with van der Waals surface area (Å²) in [6, 6.07) is 0. The molecule has 0 aromatic rings. The molecule has 0 amide bonds. The largest absolute Gasteiger partial charge is 0.316 e. The topological polar surface area (TPSA) is 15.3 Å². The van der Waals surface area contributed by atoms with Gasteiger partial charge in [-0.2, -0.15) is 0 Å². The second kappa shape index (κ2) is 4.84. The van der Waals surface area contributed by atoms with Crippen LogP contribution in [0.1, 0.15) is 27.2 Å². The van der Waals surface area contributed by atoms with Crippen molar-refractivity contribution in [3.8, 4) is 0 Å². The first-order valence-corrected chi connectivity index (χ1v) is 6.60. The standard InChI is InChI=1S/C13H26N2/c1-10-4-5-15(8-12(10)3)9-13-7-14-6-11(13)2/h10-14H,4-9H2,1-3H3/t10?,11-,12?,13+/m1/s1. The Kier molecular flexibility index (Phi) is 3.68. The summed E-state index contributed by atoms with van der Waals surface area (Å²) >= 11 is 0. The molecule has 2 heterocycles. The summed E-state index contributed by atoms with van der Waals surface area (Å²) in [5, 5.41) is 3.50. The van der Waals surface area contributed by atoms with E-state index in [9.17, 15) is 0 Å². The Labute approximate surface area is 94.4 Å². The van der Waals surface area contributed by atoms with Crippen LogP contribution in [-0.4, -0.2) is 37.6 Å². The van der Waals surface area contributed by atoms with Crippen LogP contribution < -0.4 is 5.32 Å². The average molecular weight is 210 g/mol. The van der Waals surface area contributed by atoms with Crippen LogP contribution in [0.2, 0.25) is 0 Å². The third-order valence-electron chi connectivity index (χ3n) is 4.59. The minimum absolute atomic E-state index is 0.875. The fourth-order valence-corrected chi connectivity index (χ4v) is 2.96. The number of likely N-dealkylation sites (tertiary alicyclic amines) is 1. The lowest BCUT2D eigenvalue weighted by molar-refractivity contribution is 0.116. The molecule has 0 bridgehead atoms. The first kappa shape index (κ1) is 11.4. The van der Waals surface area contributed by atoms with Crippen molar-refractivity contribution < 1.29 is 0 Å². The van der Waals surface area contributed by atoms with Crippen molar-refractivity contribution in [3.05, 3.63) is 0 Å². The summed E-state index contributed by atoms with van der Waals surface area (Å²) in [5.74, 6) is 3.59. The molecule has 2 unspecified atom stereocenters. The maximum Gasteiger partial charge on any atom is 0.00249 e.